The summed E-state index contributed by atoms with van der Waals surface area (Å²) in [6.45, 7) is 3.91. The van der Waals surface area contributed by atoms with Crippen molar-refractivity contribution in [2.75, 3.05) is 42.5 Å². The van der Waals surface area contributed by atoms with E-state index in [9.17, 15) is 4.79 Å². The summed E-state index contributed by atoms with van der Waals surface area (Å²) in [7, 11) is 0. The zero-order chi connectivity index (χ0) is 20.3. The van der Waals surface area contributed by atoms with Gasteiger partial charge in [0.05, 0.1) is 5.56 Å². The molecule has 5 rings (SSSR count). The van der Waals surface area contributed by atoms with E-state index < -0.39 is 0 Å². The Bertz CT molecular complexity index is 1010. The molecule has 2 aliphatic rings. The first-order valence-corrected chi connectivity index (χ1v) is 10.6. The second-order valence-electron chi connectivity index (χ2n) is 7.76. The first-order valence-electron chi connectivity index (χ1n) is 10.6. The van der Waals surface area contributed by atoms with Gasteiger partial charge in [-0.15, -0.1) is 0 Å². The van der Waals surface area contributed by atoms with Crippen molar-refractivity contribution >= 4 is 23.2 Å². The highest BCUT2D eigenvalue weighted by molar-refractivity contribution is 5.94. The number of carbonyl (C=O) groups is 1. The number of para-hydroxylation sites is 1. The van der Waals surface area contributed by atoms with E-state index in [2.05, 4.69) is 44.0 Å². The largest absolute Gasteiger partial charge is 0.353 e. The molecule has 0 bridgehead atoms. The molecule has 152 valence electrons. The first-order chi connectivity index (χ1) is 14.8. The highest BCUT2D eigenvalue weighted by Gasteiger charge is 2.24. The summed E-state index contributed by atoms with van der Waals surface area (Å²) in [5.41, 5.74) is 3.23. The average molecular weight is 399 g/mol. The maximum absolute atomic E-state index is 13.0. The van der Waals surface area contributed by atoms with Crippen molar-refractivity contribution in [3.8, 4) is 0 Å². The smallest absolute Gasteiger partial charge is 0.255 e. The molecule has 1 fully saturated rings. The van der Waals surface area contributed by atoms with Gasteiger partial charge in [-0.25, -0.2) is 9.97 Å². The number of hydrogen-bond acceptors (Lipinski definition) is 5. The summed E-state index contributed by atoms with van der Waals surface area (Å²) in [4.78, 5) is 28.4. The molecule has 6 heteroatoms. The standard InChI is InChI=1S/C24H25N5O/c30-24(28-16-14-27(15-17-28)22-9-3-4-12-25-22)20-10-11-23(26-18-20)29-13-5-7-19-6-1-2-8-21(19)29/h1-4,6,8-12,18H,5,7,13-17H2. The molecule has 0 aliphatic carbocycles. The quantitative estimate of drug-likeness (QED) is 0.675. The molecule has 0 unspecified atom stereocenters. The third-order valence-electron chi connectivity index (χ3n) is 5.92. The molecule has 1 amide bonds. The number of nitrogens with zero attached hydrogens (tertiary/aromatic N) is 5. The number of amides is 1. The van der Waals surface area contributed by atoms with Crippen molar-refractivity contribution in [1.29, 1.82) is 0 Å². The molecule has 4 heterocycles. The Labute approximate surface area is 176 Å². The molecule has 1 aromatic carbocycles. The molecule has 0 N–H and O–H groups in total. The Morgan fingerprint density at radius 3 is 2.40 bits per heavy atom. The van der Waals surface area contributed by atoms with Gasteiger partial charge in [0.15, 0.2) is 0 Å². The maximum atomic E-state index is 13.0. The van der Waals surface area contributed by atoms with Gasteiger partial charge in [-0.3, -0.25) is 4.79 Å². The maximum Gasteiger partial charge on any atom is 0.255 e. The minimum atomic E-state index is 0.0498. The summed E-state index contributed by atoms with van der Waals surface area (Å²) in [5, 5.41) is 0. The number of rotatable bonds is 3. The molecular formula is C24H25N5O. The molecule has 2 aromatic heterocycles. The van der Waals surface area contributed by atoms with Crippen molar-refractivity contribution in [1.82, 2.24) is 14.9 Å². The van der Waals surface area contributed by atoms with Crippen molar-refractivity contribution < 1.29 is 4.79 Å². The lowest BCUT2D eigenvalue weighted by Gasteiger charge is -2.35. The van der Waals surface area contributed by atoms with Gasteiger partial charge >= 0.3 is 0 Å². The number of aryl methyl sites for hydroxylation is 1. The Hall–Kier alpha value is -3.41. The van der Waals surface area contributed by atoms with E-state index in [0.29, 0.717) is 18.7 Å². The SMILES string of the molecule is O=C(c1ccc(N2CCCc3ccccc32)nc1)N1CCN(c2ccccn2)CC1. The number of pyridine rings is 2. The number of hydrogen-bond donors (Lipinski definition) is 0. The predicted octanol–water partition coefficient (Wildman–Crippen LogP) is 3.52. The lowest BCUT2D eigenvalue weighted by atomic mass is 10.0. The Morgan fingerprint density at radius 2 is 1.63 bits per heavy atom. The molecule has 30 heavy (non-hydrogen) atoms. The molecule has 3 aromatic rings. The summed E-state index contributed by atoms with van der Waals surface area (Å²) < 4.78 is 0. The van der Waals surface area contributed by atoms with Crippen LogP contribution in [0.15, 0.2) is 67.0 Å². The summed E-state index contributed by atoms with van der Waals surface area (Å²) in [6, 6.07) is 18.3. The highest BCUT2D eigenvalue weighted by atomic mass is 16.2. The monoisotopic (exact) mass is 399 g/mol. The van der Waals surface area contributed by atoms with Gasteiger partial charge < -0.3 is 14.7 Å². The van der Waals surface area contributed by atoms with E-state index in [1.165, 1.54) is 11.3 Å². The number of carbonyl (C=O) groups excluding carboxylic acids is 1. The number of fused-ring (bicyclic) bond motifs is 1. The molecule has 0 atom stereocenters. The van der Waals surface area contributed by atoms with E-state index in [4.69, 9.17) is 0 Å². The minimum Gasteiger partial charge on any atom is -0.353 e. The topological polar surface area (TPSA) is 52.6 Å². The zero-order valence-electron chi connectivity index (χ0n) is 16.9. The molecule has 1 saturated heterocycles. The second-order valence-corrected chi connectivity index (χ2v) is 7.76. The molecule has 6 nitrogen and oxygen atoms in total. The van der Waals surface area contributed by atoms with Crippen LogP contribution in [-0.4, -0.2) is 53.5 Å². The van der Waals surface area contributed by atoms with Crippen LogP contribution in [0, 0.1) is 0 Å². The van der Waals surface area contributed by atoms with Crippen LogP contribution in [0.1, 0.15) is 22.3 Å². The van der Waals surface area contributed by atoms with Crippen LogP contribution in [-0.2, 0) is 6.42 Å². The van der Waals surface area contributed by atoms with Crippen LogP contribution in [0.2, 0.25) is 0 Å². The third-order valence-corrected chi connectivity index (χ3v) is 5.92. The van der Waals surface area contributed by atoms with E-state index >= 15 is 0 Å². The van der Waals surface area contributed by atoms with Gasteiger partial charge in [0.2, 0.25) is 0 Å². The average Bonchev–Trinajstić information content (AvgIpc) is 2.84. The Morgan fingerprint density at radius 1 is 0.800 bits per heavy atom. The number of benzene rings is 1. The van der Waals surface area contributed by atoms with Gasteiger partial charge in [0.1, 0.15) is 11.6 Å². The highest BCUT2D eigenvalue weighted by Crippen LogP contribution is 2.32. The summed E-state index contributed by atoms with van der Waals surface area (Å²) in [6.07, 6.45) is 5.74. The van der Waals surface area contributed by atoms with Crippen molar-refractivity contribution in [2.45, 2.75) is 12.8 Å². The second kappa shape index (κ2) is 8.14. The van der Waals surface area contributed by atoms with Crippen LogP contribution in [0.25, 0.3) is 0 Å². The van der Waals surface area contributed by atoms with Gasteiger partial charge in [-0.1, -0.05) is 24.3 Å². The van der Waals surface area contributed by atoms with Gasteiger partial charge in [-0.2, -0.15) is 0 Å². The van der Waals surface area contributed by atoms with Crippen LogP contribution < -0.4 is 9.80 Å². The molecular weight excluding hydrogens is 374 g/mol. The van der Waals surface area contributed by atoms with Crippen LogP contribution in [0.4, 0.5) is 17.3 Å². The lowest BCUT2D eigenvalue weighted by molar-refractivity contribution is 0.0746. The van der Waals surface area contributed by atoms with Crippen LogP contribution >= 0.6 is 0 Å². The number of piperazine rings is 1. The molecule has 0 spiro atoms. The van der Waals surface area contributed by atoms with Crippen LogP contribution in [0.5, 0.6) is 0 Å². The molecule has 0 saturated carbocycles. The van der Waals surface area contributed by atoms with E-state index in [1.807, 2.05) is 35.2 Å². The van der Waals surface area contributed by atoms with Crippen molar-refractivity contribution in [3.05, 3.63) is 78.1 Å². The fourth-order valence-electron chi connectivity index (χ4n) is 4.31. The van der Waals surface area contributed by atoms with Gasteiger partial charge in [0, 0.05) is 50.8 Å². The number of aromatic nitrogens is 2. The van der Waals surface area contributed by atoms with E-state index in [0.717, 1.165) is 44.1 Å². The molecule has 2 aliphatic heterocycles. The van der Waals surface area contributed by atoms with E-state index in [-0.39, 0.29) is 5.91 Å². The van der Waals surface area contributed by atoms with Gasteiger partial charge in [-0.05, 0) is 48.7 Å². The summed E-state index contributed by atoms with van der Waals surface area (Å²) >= 11 is 0. The summed E-state index contributed by atoms with van der Waals surface area (Å²) in [5.74, 6) is 1.92. The Kier molecular flexibility index (Phi) is 5.05. The normalized spacial score (nSPS) is 16.3. The van der Waals surface area contributed by atoms with Gasteiger partial charge in [0.25, 0.3) is 5.91 Å². The molecule has 0 radical (unpaired) electrons. The van der Waals surface area contributed by atoms with Crippen LogP contribution in [0.3, 0.4) is 0 Å². The van der Waals surface area contributed by atoms with Crippen molar-refractivity contribution in [3.63, 3.8) is 0 Å². The fraction of sp³-hybridized carbons (Fsp3) is 0.292. The number of anilines is 3. The fourth-order valence-corrected chi connectivity index (χ4v) is 4.31. The third kappa shape index (κ3) is 3.61. The lowest BCUT2D eigenvalue weighted by Crippen LogP contribution is -2.49. The zero-order valence-corrected chi connectivity index (χ0v) is 16.9. The van der Waals surface area contributed by atoms with Crippen molar-refractivity contribution in [2.24, 2.45) is 0 Å². The van der Waals surface area contributed by atoms with E-state index in [1.54, 1.807) is 12.4 Å². The predicted molar refractivity (Wildman–Crippen MR) is 118 cm³/mol. The minimum absolute atomic E-state index is 0.0498. The first kappa shape index (κ1) is 18.6. The Balaban J connectivity index is 1.26.